The van der Waals surface area contributed by atoms with Crippen LogP contribution in [0, 0.1) is 0 Å². The Morgan fingerprint density at radius 3 is 2.22 bits per heavy atom. The summed E-state index contributed by atoms with van der Waals surface area (Å²) in [5, 5.41) is 9.62. The van der Waals surface area contributed by atoms with Crippen molar-refractivity contribution in [2.24, 2.45) is 0 Å². The van der Waals surface area contributed by atoms with Crippen molar-refractivity contribution in [2.75, 3.05) is 0 Å². The van der Waals surface area contributed by atoms with Crippen molar-refractivity contribution in [3.8, 4) is 0 Å². The molecule has 1 N–H and O–H groups in total. The third-order valence-corrected chi connectivity index (χ3v) is 3.47. The molecule has 98 valence electrons. The zero-order chi connectivity index (χ0) is 13.6. The van der Waals surface area contributed by atoms with Crippen LogP contribution in [0.25, 0.3) is 0 Å². The molecule has 0 bridgehead atoms. The average Bonchev–Trinajstić information content (AvgIpc) is 3.00. The quantitative estimate of drug-likeness (QED) is 0.905. The third kappa shape index (κ3) is 1.92. The average molecular weight is 258 g/mol. The first-order chi connectivity index (χ1) is 8.32. The third-order valence-electron chi connectivity index (χ3n) is 3.47. The first kappa shape index (κ1) is 13.1. The highest BCUT2D eigenvalue weighted by atomic mass is 19.4. The highest BCUT2D eigenvalue weighted by Gasteiger charge is 2.59. The minimum Gasteiger partial charge on any atom is -0.392 e. The van der Waals surface area contributed by atoms with E-state index in [1.54, 1.807) is 6.92 Å². The van der Waals surface area contributed by atoms with Gasteiger partial charge >= 0.3 is 6.18 Å². The molecule has 2 unspecified atom stereocenters. The van der Waals surface area contributed by atoms with Crippen molar-refractivity contribution in [1.82, 2.24) is 0 Å². The molecule has 1 aliphatic rings. The lowest BCUT2D eigenvalue weighted by Crippen LogP contribution is -2.24. The number of hydrogen-bond acceptors (Lipinski definition) is 2. The topological polar surface area (TPSA) is 37.3 Å². The van der Waals surface area contributed by atoms with Crippen LogP contribution in [0.1, 0.15) is 30.9 Å². The van der Waals surface area contributed by atoms with Crippen LogP contribution in [-0.2, 0) is 16.4 Å². The second kappa shape index (κ2) is 4.09. The molecule has 5 heteroatoms. The van der Waals surface area contributed by atoms with Crippen molar-refractivity contribution in [2.45, 2.75) is 37.5 Å². The number of hydrogen-bond donors (Lipinski definition) is 1. The summed E-state index contributed by atoms with van der Waals surface area (Å²) < 4.78 is 37.3. The molecule has 0 spiro atoms. The summed E-state index contributed by atoms with van der Waals surface area (Å²) in [6.07, 6.45) is -4.60. The molecule has 1 aromatic carbocycles. The van der Waals surface area contributed by atoms with E-state index in [1.165, 1.54) is 12.1 Å². The standard InChI is InChI=1S/C13H13F3O2/c1-2-10(17)12(7-11(12)18)8-3-5-9(6-4-8)13(14,15)16/h3-6,11,18H,2,7H2,1H3. The number of Topliss-reactive ketones (excluding diaryl/α,β-unsaturated/α-hetero) is 1. The van der Waals surface area contributed by atoms with Crippen molar-refractivity contribution >= 4 is 5.78 Å². The predicted octanol–water partition coefficient (Wildman–Crippen LogP) is 2.69. The van der Waals surface area contributed by atoms with Gasteiger partial charge in [0.2, 0.25) is 0 Å². The first-order valence-corrected chi connectivity index (χ1v) is 5.71. The zero-order valence-corrected chi connectivity index (χ0v) is 9.79. The maximum Gasteiger partial charge on any atom is 0.416 e. The fourth-order valence-electron chi connectivity index (χ4n) is 2.29. The van der Waals surface area contributed by atoms with Gasteiger partial charge in [0.15, 0.2) is 0 Å². The Hall–Kier alpha value is -1.36. The SMILES string of the molecule is CCC(=O)C1(c2ccc(C(F)(F)F)cc2)CC1O. The van der Waals surface area contributed by atoms with Crippen LogP contribution in [0.2, 0.25) is 0 Å². The number of carbonyl (C=O) groups is 1. The molecule has 2 rings (SSSR count). The summed E-state index contributed by atoms with van der Waals surface area (Å²) in [7, 11) is 0. The van der Waals surface area contributed by atoms with E-state index in [9.17, 15) is 23.1 Å². The van der Waals surface area contributed by atoms with Crippen LogP contribution in [0.5, 0.6) is 0 Å². The molecule has 0 amide bonds. The molecule has 0 aliphatic heterocycles. The molecule has 1 fully saturated rings. The highest BCUT2D eigenvalue weighted by Crippen LogP contribution is 2.50. The molecule has 2 atom stereocenters. The molecule has 1 aliphatic carbocycles. The summed E-state index contributed by atoms with van der Waals surface area (Å²) in [4.78, 5) is 11.8. The number of halogens is 3. The summed E-state index contributed by atoms with van der Waals surface area (Å²) in [6, 6.07) is 4.47. The molecular formula is C13H13F3O2. The van der Waals surface area contributed by atoms with E-state index < -0.39 is 23.3 Å². The van der Waals surface area contributed by atoms with Gasteiger partial charge in [-0.3, -0.25) is 4.79 Å². The van der Waals surface area contributed by atoms with Gasteiger partial charge in [0.05, 0.1) is 17.1 Å². The van der Waals surface area contributed by atoms with Gasteiger partial charge in [-0.1, -0.05) is 19.1 Å². The van der Waals surface area contributed by atoms with Gasteiger partial charge in [-0.2, -0.15) is 13.2 Å². The first-order valence-electron chi connectivity index (χ1n) is 5.71. The fourth-order valence-corrected chi connectivity index (χ4v) is 2.29. The number of aliphatic hydroxyl groups excluding tert-OH is 1. The number of alkyl halides is 3. The van der Waals surface area contributed by atoms with Gasteiger partial charge in [-0.25, -0.2) is 0 Å². The number of rotatable bonds is 3. The molecule has 0 radical (unpaired) electrons. The Kier molecular flexibility index (Phi) is 2.97. The number of carbonyl (C=O) groups excluding carboxylic acids is 1. The van der Waals surface area contributed by atoms with Crippen LogP contribution >= 0.6 is 0 Å². The van der Waals surface area contributed by atoms with Gasteiger partial charge < -0.3 is 5.11 Å². The van der Waals surface area contributed by atoms with Crippen molar-refractivity contribution in [1.29, 1.82) is 0 Å². The minimum absolute atomic E-state index is 0.130. The number of aliphatic hydroxyl groups is 1. The second-order valence-electron chi connectivity index (χ2n) is 4.54. The lowest BCUT2D eigenvalue weighted by atomic mass is 9.89. The Bertz CT molecular complexity index is 464. The van der Waals surface area contributed by atoms with E-state index in [4.69, 9.17) is 0 Å². The van der Waals surface area contributed by atoms with Crippen molar-refractivity contribution in [3.63, 3.8) is 0 Å². The van der Waals surface area contributed by atoms with E-state index in [0.29, 0.717) is 12.0 Å². The molecule has 2 nitrogen and oxygen atoms in total. The van der Waals surface area contributed by atoms with Crippen LogP contribution in [-0.4, -0.2) is 17.0 Å². The highest BCUT2D eigenvalue weighted by molar-refractivity contribution is 5.94. The molecular weight excluding hydrogens is 245 g/mol. The smallest absolute Gasteiger partial charge is 0.392 e. The lowest BCUT2D eigenvalue weighted by Gasteiger charge is -2.15. The van der Waals surface area contributed by atoms with E-state index in [2.05, 4.69) is 0 Å². The van der Waals surface area contributed by atoms with Gasteiger partial charge in [-0.15, -0.1) is 0 Å². The normalized spacial score (nSPS) is 27.1. The Labute approximate surface area is 102 Å². The summed E-state index contributed by atoms with van der Waals surface area (Å²) in [5.41, 5.74) is -1.26. The van der Waals surface area contributed by atoms with E-state index in [-0.39, 0.29) is 12.2 Å². The number of ketones is 1. The maximum atomic E-state index is 12.4. The molecule has 1 saturated carbocycles. The minimum atomic E-state index is -4.39. The summed E-state index contributed by atoms with van der Waals surface area (Å²) in [6.45, 7) is 1.68. The van der Waals surface area contributed by atoms with Crippen LogP contribution in [0.4, 0.5) is 13.2 Å². The van der Waals surface area contributed by atoms with Gasteiger partial charge in [0.1, 0.15) is 5.78 Å². The summed E-state index contributed by atoms with van der Waals surface area (Å²) in [5.74, 6) is -0.130. The van der Waals surface area contributed by atoms with Gasteiger partial charge in [0.25, 0.3) is 0 Å². The summed E-state index contributed by atoms with van der Waals surface area (Å²) >= 11 is 0. The molecule has 0 heterocycles. The Morgan fingerprint density at radius 2 is 1.89 bits per heavy atom. The predicted molar refractivity (Wildman–Crippen MR) is 59.0 cm³/mol. The van der Waals surface area contributed by atoms with E-state index in [0.717, 1.165) is 12.1 Å². The van der Waals surface area contributed by atoms with Gasteiger partial charge in [0, 0.05) is 6.42 Å². The van der Waals surface area contributed by atoms with E-state index >= 15 is 0 Å². The van der Waals surface area contributed by atoms with Crippen molar-refractivity contribution < 1.29 is 23.1 Å². The van der Waals surface area contributed by atoms with E-state index in [1.807, 2.05) is 0 Å². The Morgan fingerprint density at radius 1 is 1.39 bits per heavy atom. The molecule has 1 aromatic rings. The largest absolute Gasteiger partial charge is 0.416 e. The van der Waals surface area contributed by atoms with Crippen LogP contribution in [0.3, 0.4) is 0 Å². The monoisotopic (exact) mass is 258 g/mol. The number of benzene rings is 1. The lowest BCUT2D eigenvalue weighted by molar-refractivity contribution is -0.137. The maximum absolute atomic E-state index is 12.4. The Balaban J connectivity index is 2.33. The van der Waals surface area contributed by atoms with Crippen LogP contribution < -0.4 is 0 Å². The zero-order valence-electron chi connectivity index (χ0n) is 9.79. The van der Waals surface area contributed by atoms with Gasteiger partial charge in [-0.05, 0) is 24.1 Å². The molecule has 0 saturated heterocycles. The molecule has 18 heavy (non-hydrogen) atoms. The van der Waals surface area contributed by atoms with Crippen LogP contribution in [0.15, 0.2) is 24.3 Å². The fraction of sp³-hybridized carbons (Fsp3) is 0.462. The van der Waals surface area contributed by atoms with Crippen molar-refractivity contribution in [3.05, 3.63) is 35.4 Å². The second-order valence-corrected chi connectivity index (χ2v) is 4.54. The molecule has 0 aromatic heterocycles.